The summed E-state index contributed by atoms with van der Waals surface area (Å²) in [6.45, 7) is 11.2. The van der Waals surface area contributed by atoms with Gasteiger partial charge in [0, 0.05) is 73.0 Å². The summed E-state index contributed by atoms with van der Waals surface area (Å²) in [5, 5.41) is 31.7. The molecule has 0 saturated heterocycles. The topological polar surface area (TPSA) is 213 Å². The largest absolute Gasteiger partial charge is 0.481 e. The van der Waals surface area contributed by atoms with Gasteiger partial charge in [-0.25, -0.2) is 18.7 Å². The molecule has 2 aliphatic rings. The number of aliphatic carboxylic acids is 1. The van der Waals surface area contributed by atoms with Gasteiger partial charge in [-0.15, -0.1) is 0 Å². The number of carbonyl (C=O) groups excluding carboxylic acids is 1. The first-order chi connectivity index (χ1) is 27.6. The first-order valence-electron chi connectivity index (χ1n) is 18.3. The first-order valence-corrected chi connectivity index (χ1v) is 20.3. The molecule has 0 aliphatic carbocycles. The molecule has 19 heteroatoms. The van der Waals surface area contributed by atoms with Crippen molar-refractivity contribution in [2.75, 3.05) is 39.7 Å². The van der Waals surface area contributed by atoms with Gasteiger partial charge in [0.05, 0.1) is 34.6 Å². The van der Waals surface area contributed by atoms with E-state index in [1.54, 1.807) is 14.1 Å². The van der Waals surface area contributed by atoms with Gasteiger partial charge in [-0.3, -0.25) is 38.3 Å². The van der Waals surface area contributed by atoms with Gasteiger partial charge in [0.2, 0.25) is 5.91 Å². The van der Waals surface area contributed by atoms with Gasteiger partial charge in [0.25, 0.3) is 11.1 Å². The molecule has 6 heterocycles. The number of pyridine rings is 2. The summed E-state index contributed by atoms with van der Waals surface area (Å²) in [6, 6.07) is 6.20. The quantitative estimate of drug-likeness (QED) is 0.267. The number of carbonyl (C=O) groups is 2. The molecule has 0 bridgehead atoms. The van der Waals surface area contributed by atoms with Crippen molar-refractivity contribution in [3.63, 3.8) is 0 Å². The van der Waals surface area contributed by atoms with Gasteiger partial charge in [-0.05, 0) is 26.2 Å². The molecule has 0 fully saturated rings. The van der Waals surface area contributed by atoms with Gasteiger partial charge < -0.3 is 15.3 Å². The normalized spacial score (nSPS) is 15.8. The molecule has 6 rings (SSSR count). The predicted molar refractivity (Wildman–Crippen MR) is 220 cm³/mol. The Labute approximate surface area is 348 Å². The predicted octanol–water partition coefficient (Wildman–Crippen LogP) is 4.68. The van der Waals surface area contributed by atoms with E-state index in [0.717, 1.165) is 11.8 Å². The van der Waals surface area contributed by atoms with Crippen LogP contribution in [0.1, 0.15) is 64.1 Å². The zero-order valence-electron chi connectivity index (χ0n) is 34.5. The van der Waals surface area contributed by atoms with Crippen molar-refractivity contribution in [2.45, 2.75) is 75.8 Å². The third kappa shape index (κ3) is 10.2. The fraction of sp³-hybridized carbons (Fsp3) is 0.450. The molecule has 1 amide bonds. The smallest absolute Gasteiger partial charge is 0.309 e. The molecule has 0 saturated carbocycles. The van der Waals surface area contributed by atoms with Crippen LogP contribution < -0.4 is 16.4 Å². The molecule has 15 nitrogen and oxygen atoms in total. The van der Waals surface area contributed by atoms with E-state index >= 15 is 0 Å². The van der Waals surface area contributed by atoms with Crippen LogP contribution in [0.5, 0.6) is 0 Å². The van der Waals surface area contributed by atoms with Crippen molar-refractivity contribution in [2.24, 2.45) is 11.8 Å². The average molecular weight is 849 g/mol. The number of thioether (sulfide) groups is 2. The van der Waals surface area contributed by atoms with Crippen LogP contribution in [0.2, 0.25) is 0 Å². The van der Waals surface area contributed by atoms with Crippen LogP contribution in [-0.4, -0.2) is 90.6 Å². The van der Waals surface area contributed by atoms with Crippen LogP contribution in [0, 0.1) is 46.1 Å². The highest BCUT2D eigenvalue weighted by molar-refractivity contribution is 7.99. The minimum absolute atomic E-state index is 0.0476. The van der Waals surface area contributed by atoms with Crippen molar-refractivity contribution in [1.82, 2.24) is 39.3 Å². The molecular formula is C40H46F2N10O5S2. The highest BCUT2D eigenvalue weighted by Crippen LogP contribution is 2.33. The Kier molecular flexibility index (Phi) is 14.6. The number of rotatable bonds is 4. The molecule has 2 N–H and O–H groups in total. The summed E-state index contributed by atoms with van der Waals surface area (Å²) >= 11 is 2.40. The molecular weight excluding hydrogens is 803 g/mol. The van der Waals surface area contributed by atoms with E-state index < -0.39 is 45.5 Å². The van der Waals surface area contributed by atoms with Crippen molar-refractivity contribution in [1.29, 1.82) is 10.5 Å². The van der Waals surface area contributed by atoms with Crippen molar-refractivity contribution in [3.05, 3.63) is 79.4 Å². The van der Waals surface area contributed by atoms with Crippen LogP contribution in [0.15, 0.2) is 44.4 Å². The minimum atomic E-state index is -1.01. The second-order valence-electron chi connectivity index (χ2n) is 16.0. The number of amides is 1. The van der Waals surface area contributed by atoms with Crippen LogP contribution >= 0.6 is 23.5 Å². The molecule has 0 radical (unpaired) electrons. The fourth-order valence-electron chi connectivity index (χ4n) is 6.03. The van der Waals surface area contributed by atoms with Crippen LogP contribution in [-0.2, 0) is 33.5 Å². The molecule has 2 aliphatic heterocycles. The maximum absolute atomic E-state index is 14.6. The zero-order chi connectivity index (χ0) is 44.1. The lowest BCUT2D eigenvalue weighted by atomic mass is 9.90. The van der Waals surface area contributed by atoms with Gasteiger partial charge in [0.1, 0.15) is 34.9 Å². The van der Waals surface area contributed by atoms with Crippen LogP contribution in [0.25, 0.3) is 22.5 Å². The number of hydrogen-bond acceptors (Lipinski definition) is 13. The number of aromatic nitrogens is 6. The summed E-state index contributed by atoms with van der Waals surface area (Å²) in [5.74, 6) is -2.50. The van der Waals surface area contributed by atoms with E-state index in [-0.39, 0.29) is 70.0 Å². The number of hydrogen-bond donors (Lipinski definition) is 2. The summed E-state index contributed by atoms with van der Waals surface area (Å²) in [4.78, 5) is 67.8. The second kappa shape index (κ2) is 18.6. The maximum Gasteiger partial charge on any atom is 0.309 e. The monoisotopic (exact) mass is 848 g/mol. The molecule has 4 aromatic rings. The van der Waals surface area contributed by atoms with E-state index in [0.29, 0.717) is 21.8 Å². The molecule has 312 valence electrons. The highest BCUT2D eigenvalue weighted by atomic mass is 32.2. The van der Waals surface area contributed by atoms with Crippen molar-refractivity contribution in [3.8, 4) is 34.7 Å². The molecule has 2 atom stereocenters. The summed E-state index contributed by atoms with van der Waals surface area (Å²) in [6.07, 6.45) is 2.84. The van der Waals surface area contributed by atoms with E-state index in [9.17, 15) is 43.6 Å². The number of nitrogens with one attached hydrogen (secondary N) is 1. The fourth-order valence-corrected chi connectivity index (χ4v) is 8.17. The van der Waals surface area contributed by atoms with Crippen molar-refractivity contribution < 1.29 is 23.5 Å². The number of carboxylic acids is 1. The molecule has 2 unspecified atom stereocenters. The van der Waals surface area contributed by atoms with Crippen LogP contribution in [0.3, 0.4) is 0 Å². The standard InChI is InChI=1S/C20H22FN5O2S.C18H17FN4O3S.C2H7N/c1-20(2,3)16-14(21)6-11(8-23-16)15-13(7-22)18(28)26-9-12(17(27)25(4)5)10-29-19(26)24-15;1-18(2,3)14-12(19)4-9(6-21-14)13-11(5-20)15(24)23-7-10(16(25)26)8-27-17(23)22-13;1-3-2/h6,8,12H,9-10H2,1-5H3;4,6,10H,7-8H2,1-3H3,(H,25,26);3H,1-2H3. The molecule has 0 aromatic carbocycles. The van der Waals surface area contributed by atoms with Crippen molar-refractivity contribution >= 4 is 35.4 Å². The third-order valence-corrected chi connectivity index (χ3v) is 11.2. The van der Waals surface area contributed by atoms with Gasteiger partial charge in [-0.1, -0.05) is 65.1 Å². The third-order valence-electron chi connectivity index (χ3n) is 8.91. The molecule has 59 heavy (non-hydrogen) atoms. The zero-order valence-corrected chi connectivity index (χ0v) is 36.1. The highest BCUT2D eigenvalue weighted by Gasteiger charge is 2.32. The van der Waals surface area contributed by atoms with E-state index in [4.69, 9.17) is 0 Å². The number of halogens is 2. The Morgan fingerprint density at radius 3 is 1.49 bits per heavy atom. The Balaban J connectivity index is 0.000000245. The minimum Gasteiger partial charge on any atom is -0.481 e. The number of nitriles is 2. The Morgan fingerprint density at radius 2 is 1.17 bits per heavy atom. The second-order valence-corrected chi connectivity index (χ2v) is 18.0. The SMILES string of the molecule is CC(C)(C)c1ncc(-c2nc3n(c(=O)c2C#N)CC(C(=O)O)CS3)cc1F.CN(C)C(=O)C1CSc2nc(-c3cnc(C(C)(C)C)c(F)c3)c(C#N)c(=O)n2C1.CNC. The van der Waals surface area contributed by atoms with Gasteiger partial charge in [0.15, 0.2) is 10.3 Å². The van der Waals surface area contributed by atoms with E-state index in [1.807, 2.05) is 67.8 Å². The first kappa shape index (κ1) is 46.2. The summed E-state index contributed by atoms with van der Waals surface area (Å²) < 4.78 is 31.7. The number of nitrogens with zero attached hydrogens (tertiary/aromatic N) is 9. The van der Waals surface area contributed by atoms with E-state index in [1.165, 1.54) is 50.3 Å². The average Bonchev–Trinajstić information content (AvgIpc) is 3.16. The lowest BCUT2D eigenvalue weighted by Gasteiger charge is -2.27. The van der Waals surface area contributed by atoms with E-state index in [2.05, 4.69) is 25.3 Å². The number of fused-ring (bicyclic) bond motifs is 2. The van der Waals surface area contributed by atoms with Gasteiger partial charge in [-0.2, -0.15) is 10.5 Å². The molecule has 4 aromatic heterocycles. The maximum atomic E-state index is 14.6. The Hall–Kier alpha value is -5.50. The van der Waals surface area contributed by atoms with Gasteiger partial charge >= 0.3 is 5.97 Å². The Bertz CT molecular complexity index is 2480. The summed E-state index contributed by atoms with van der Waals surface area (Å²) in [7, 11) is 7.08. The van der Waals surface area contributed by atoms with Crippen LogP contribution in [0.4, 0.5) is 8.78 Å². The lowest BCUT2D eigenvalue weighted by molar-refractivity contribution is -0.141. The lowest BCUT2D eigenvalue weighted by Crippen LogP contribution is -2.40. The summed E-state index contributed by atoms with van der Waals surface area (Å²) in [5.41, 5.74) is -1.31. The number of carboxylic acid groups (broad SMARTS) is 1. The Morgan fingerprint density at radius 1 is 0.797 bits per heavy atom. The molecule has 0 spiro atoms.